The normalized spacial score (nSPS) is 12.9. The van der Waals surface area contributed by atoms with E-state index in [1.54, 1.807) is 11.0 Å². The van der Waals surface area contributed by atoms with Gasteiger partial charge in [0, 0.05) is 13.5 Å². The van der Waals surface area contributed by atoms with Crippen LogP contribution in [0, 0.1) is 0 Å². The van der Waals surface area contributed by atoms with E-state index in [1.807, 2.05) is 35.9 Å². The van der Waals surface area contributed by atoms with Gasteiger partial charge in [-0.1, -0.05) is 12.1 Å². The summed E-state index contributed by atoms with van der Waals surface area (Å²) in [5, 5.41) is 14.1. The zero-order valence-electron chi connectivity index (χ0n) is 10.6. The molecule has 2 heterocycles. The average molecular weight is 257 g/mol. The molecule has 0 saturated heterocycles. The number of para-hydroxylation sites is 2. The maximum Gasteiger partial charge on any atom is 0.138 e. The van der Waals surface area contributed by atoms with Crippen molar-refractivity contribution in [3.05, 3.63) is 42.7 Å². The Hall–Kier alpha value is -2.21. The van der Waals surface area contributed by atoms with Gasteiger partial charge in [-0.2, -0.15) is 5.10 Å². The molecule has 0 saturated carbocycles. The van der Waals surface area contributed by atoms with Crippen molar-refractivity contribution >= 4 is 11.0 Å². The quantitative estimate of drug-likeness (QED) is 0.749. The van der Waals surface area contributed by atoms with Crippen LogP contribution in [0.15, 0.2) is 36.9 Å². The highest BCUT2D eigenvalue weighted by Gasteiger charge is 2.12. The van der Waals surface area contributed by atoms with Gasteiger partial charge in [0.05, 0.1) is 30.0 Å². The minimum Gasteiger partial charge on any atom is -0.391 e. The molecule has 0 aliphatic heterocycles. The zero-order chi connectivity index (χ0) is 13.2. The van der Waals surface area contributed by atoms with Gasteiger partial charge in [-0.05, 0) is 12.1 Å². The van der Waals surface area contributed by atoms with Crippen LogP contribution in [0.25, 0.3) is 11.0 Å². The van der Waals surface area contributed by atoms with Crippen LogP contribution >= 0.6 is 0 Å². The molecule has 0 bridgehead atoms. The molecule has 0 aliphatic rings. The van der Waals surface area contributed by atoms with Crippen molar-refractivity contribution in [1.82, 2.24) is 24.3 Å². The summed E-state index contributed by atoms with van der Waals surface area (Å²) in [6.07, 6.45) is 3.21. The lowest BCUT2D eigenvalue weighted by molar-refractivity contribution is 0.152. The molecule has 0 spiro atoms. The van der Waals surface area contributed by atoms with Gasteiger partial charge in [0.2, 0.25) is 0 Å². The van der Waals surface area contributed by atoms with Crippen molar-refractivity contribution in [2.45, 2.75) is 19.1 Å². The zero-order valence-corrected chi connectivity index (χ0v) is 10.6. The summed E-state index contributed by atoms with van der Waals surface area (Å²) in [7, 11) is 1.82. The van der Waals surface area contributed by atoms with Gasteiger partial charge in [-0.15, -0.1) is 0 Å². The molecule has 98 valence electrons. The number of fused-ring (bicyclic) bond motifs is 1. The van der Waals surface area contributed by atoms with E-state index in [0.29, 0.717) is 13.0 Å². The molecule has 6 nitrogen and oxygen atoms in total. The van der Waals surface area contributed by atoms with E-state index >= 15 is 0 Å². The van der Waals surface area contributed by atoms with Crippen LogP contribution in [0.1, 0.15) is 5.82 Å². The van der Waals surface area contributed by atoms with Gasteiger partial charge in [0.25, 0.3) is 0 Å². The fourth-order valence-electron chi connectivity index (χ4n) is 2.16. The molecule has 3 aromatic rings. The molecule has 6 heteroatoms. The van der Waals surface area contributed by atoms with E-state index in [0.717, 1.165) is 16.9 Å². The predicted molar refractivity (Wildman–Crippen MR) is 70.4 cm³/mol. The van der Waals surface area contributed by atoms with E-state index < -0.39 is 6.10 Å². The highest BCUT2D eigenvalue weighted by atomic mass is 16.3. The fourth-order valence-corrected chi connectivity index (χ4v) is 2.16. The largest absolute Gasteiger partial charge is 0.391 e. The summed E-state index contributed by atoms with van der Waals surface area (Å²) in [6.45, 7) is 0.493. The van der Waals surface area contributed by atoms with E-state index in [9.17, 15) is 5.11 Å². The SMILES string of the molecule is Cn1ncnc1CC(O)Cn1cnc2ccccc21. The summed E-state index contributed by atoms with van der Waals surface area (Å²) in [6, 6.07) is 7.88. The number of aliphatic hydroxyl groups excluding tert-OH is 1. The molecule has 3 rings (SSSR count). The van der Waals surface area contributed by atoms with Crippen LogP contribution in [0.4, 0.5) is 0 Å². The molecule has 0 fully saturated rings. The molecule has 1 atom stereocenters. The minimum atomic E-state index is -0.513. The molecule has 1 N–H and O–H groups in total. The van der Waals surface area contributed by atoms with Crippen LogP contribution in [0.2, 0.25) is 0 Å². The second-order valence-corrected chi connectivity index (χ2v) is 4.54. The van der Waals surface area contributed by atoms with Crippen LogP contribution in [-0.4, -0.2) is 35.5 Å². The van der Waals surface area contributed by atoms with Gasteiger partial charge in [0.15, 0.2) is 0 Å². The van der Waals surface area contributed by atoms with E-state index in [1.165, 1.54) is 6.33 Å². The van der Waals surface area contributed by atoms with Crippen LogP contribution in [-0.2, 0) is 20.0 Å². The maximum absolute atomic E-state index is 10.1. The lowest BCUT2D eigenvalue weighted by Gasteiger charge is -2.11. The third-order valence-electron chi connectivity index (χ3n) is 3.16. The number of hydrogen-bond donors (Lipinski definition) is 1. The number of hydrogen-bond acceptors (Lipinski definition) is 4. The second kappa shape index (κ2) is 4.81. The van der Waals surface area contributed by atoms with Crippen molar-refractivity contribution in [2.24, 2.45) is 7.05 Å². The average Bonchev–Trinajstić information content (AvgIpc) is 2.98. The topological polar surface area (TPSA) is 68.8 Å². The molecule has 0 aliphatic carbocycles. The lowest BCUT2D eigenvalue weighted by Crippen LogP contribution is -2.20. The smallest absolute Gasteiger partial charge is 0.138 e. The first-order chi connectivity index (χ1) is 9.24. The van der Waals surface area contributed by atoms with Crippen LogP contribution in [0.5, 0.6) is 0 Å². The maximum atomic E-state index is 10.1. The summed E-state index contributed by atoms with van der Waals surface area (Å²) in [5.41, 5.74) is 1.97. The number of nitrogens with zero attached hydrogens (tertiary/aromatic N) is 5. The Bertz CT molecular complexity index is 687. The number of aromatic nitrogens is 5. The number of imidazole rings is 1. The molecular weight excluding hydrogens is 242 g/mol. The number of aliphatic hydroxyl groups is 1. The molecular formula is C13H15N5O. The first-order valence-corrected chi connectivity index (χ1v) is 6.15. The standard InChI is InChI=1S/C13H15N5O/c1-17-13(14-8-16-17)6-10(19)7-18-9-15-11-4-2-3-5-12(11)18/h2-5,8-10,19H,6-7H2,1H3. The summed E-state index contributed by atoms with van der Waals surface area (Å²) < 4.78 is 3.63. The molecule has 1 unspecified atom stereocenters. The summed E-state index contributed by atoms with van der Waals surface area (Å²) in [4.78, 5) is 8.42. The third-order valence-corrected chi connectivity index (χ3v) is 3.16. The van der Waals surface area contributed by atoms with Gasteiger partial charge < -0.3 is 9.67 Å². The fraction of sp³-hybridized carbons (Fsp3) is 0.308. The van der Waals surface area contributed by atoms with Gasteiger partial charge in [0.1, 0.15) is 12.2 Å². The molecule has 2 aromatic heterocycles. The number of benzene rings is 1. The van der Waals surface area contributed by atoms with Crippen LogP contribution < -0.4 is 0 Å². The number of rotatable bonds is 4. The van der Waals surface area contributed by atoms with Crippen molar-refractivity contribution in [3.63, 3.8) is 0 Å². The Morgan fingerprint density at radius 2 is 2.11 bits per heavy atom. The van der Waals surface area contributed by atoms with Gasteiger partial charge in [-0.3, -0.25) is 4.68 Å². The molecule has 0 radical (unpaired) electrons. The van der Waals surface area contributed by atoms with E-state index in [4.69, 9.17) is 0 Å². The first-order valence-electron chi connectivity index (χ1n) is 6.15. The summed E-state index contributed by atoms with van der Waals surface area (Å²) >= 11 is 0. The van der Waals surface area contributed by atoms with E-state index in [-0.39, 0.29) is 0 Å². The number of aryl methyl sites for hydroxylation is 1. The highest BCUT2D eigenvalue weighted by molar-refractivity contribution is 5.74. The Kier molecular flexibility index (Phi) is 3.00. The van der Waals surface area contributed by atoms with E-state index in [2.05, 4.69) is 15.1 Å². The monoisotopic (exact) mass is 257 g/mol. The second-order valence-electron chi connectivity index (χ2n) is 4.54. The Morgan fingerprint density at radius 1 is 1.26 bits per heavy atom. The predicted octanol–water partition coefficient (Wildman–Crippen LogP) is 0.768. The van der Waals surface area contributed by atoms with Crippen molar-refractivity contribution in [1.29, 1.82) is 0 Å². The summed E-state index contributed by atoms with van der Waals surface area (Å²) in [5.74, 6) is 0.775. The van der Waals surface area contributed by atoms with Crippen molar-refractivity contribution in [3.8, 4) is 0 Å². The van der Waals surface area contributed by atoms with Crippen LogP contribution in [0.3, 0.4) is 0 Å². The molecule has 19 heavy (non-hydrogen) atoms. The highest BCUT2D eigenvalue weighted by Crippen LogP contribution is 2.13. The Balaban J connectivity index is 1.76. The molecule has 1 aromatic carbocycles. The Morgan fingerprint density at radius 3 is 2.89 bits per heavy atom. The molecule has 0 amide bonds. The Labute approximate surface area is 110 Å². The lowest BCUT2D eigenvalue weighted by atomic mass is 10.2. The van der Waals surface area contributed by atoms with Gasteiger partial charge in [-0.25, -0.2) is 9.97 Å². The third kappa shape index (κ3) is 2.34. The first kappa shape index (κ1) is 11.9. The minimum absolute atomic E-state index is 0.475. The van der Waals surface area contributed by atoms with Gasteiger partial charge >= 0.3 is 0 Å². The van der Waals surface area contributed by atoms with Crippen molar-refractivity contribution < 1.29 is 5.11 Å². The van der Waals surface area contributed by atoms with Crippen molar-refractivity contribution in [2.75, 3.05) is 0 Å².